The topological polar surface area (TPSA) is 54.5 Å². The van der Waals surface area contributed by atoms with E-state index in [0.717, 1.165) is 25.8 Å². The van der Waals surface area contributed by atoms with Gasteiger partial charge in [0.25, 0.3) is 0 Å². The van der Waals surface area contributed by atoms with Gasteiger partial charge in [0.2, 0.25) is 11.8 Å². The number of rotatable bonds is 5. The van der Waals surface area contributed by atoms with E-state index >= 15 is 0 Å². The summed E-state index contributed by atoms with van der Waals surface area (Å²) in [5.41, 5.74) is 0.706. The quantitative estimate of drug-likeness (QED) is 0.906. The van der Waals surface area contributed by atoms with Crippen molar-refractivity contribution in [1.29, 1.82) is 0 Å². The van der Waals surface area contributed by atoms with Crippen LogP contribution in [-0.2, 0) is 11.3 Å². The van der Waals surface area contributed by atoms with Crippen LogP contribution in [0.25, 0.3) is 0 Å². The van der Waals surface area contributed by atoms with Crippen LogP contribution in [0.4, 0.5) is 4.39 Å². The molecular weight excluding hydrogens is 321 g/mol. The number of benzene rings is 1. The molecule has 1 N–H and O–H groups in total. The molecule has 0 unspecified atom stereocenters. The Kier molecular flexibility index (Phi) is 5.60. The highest BCUT2D eigenvalue weighted by Crippen LogP contribution is 2.25. The number of carbonyl (C=O) groups is 1. The number of nitrogens with zero attached hydrogens (tertiary/aromatic N) is 2. The van der Waals surface area contributed by atoms with E-state index in [1.807, 2.05) is 13.1 Å². The van der Waals surface area contributed by atoms with Crippen LogP contribution < -0.4 is 10.1 Å². The molecule has 1 saturated heterocycles. The van der Waals surface area contributed by atoms with E-state index in [1.165, 1.54) is 6.07 Å². The van der Waals surface area contributed by atoms with E-state index in [9.17, 15) is 9.18 Å². The lowest BCUT2D eigenvalue weighted by Gasteiger charge is -2.31. The zero-order valence-electron chi connectivity index (χ0n) is 14.2. The predicted octanol–water partition coefficient (Wildman–Crippen LogP) is 3.11. The minimum atomic E-state index is -0.452. The zero-order chi connectivity index (χ0) is 17.6. The van der Waals surface area contributed by atoms with E-state index in [2.05, 4.69) is 15.2 Å². The fourth-order valence-corrected chi connectivity index (χ4v) is 2.99. The molecule has 0 saturated carbocycles. The van der Waals surface area contributed by atoms with Crippen molar-refractivity contribution in [1.82, 2.24) is 15.2 Å². The van der Waals surface area contributed by atoms with Gasteiger partial charge < -0.3 is 10.1 Å². The van der Waals surface area contributed by atoms with Gasteiger partial charge in [-0.25, -0.2) is 9.37 Å². The van der Waals surface area contributed by atoms with Gasteiger partial charge in [-0.1, -0.05) is 24.6 Å². The maximum atomic E-state index is 13.8. The Hall–Kier alpha value is -2.47. The normalized spacial score (nSPS) is 17.9. The first kappa shape index (κ1) is 17.4. The lowest BCUT2D eigenvalue weighted by Crippen LogP contribution is -2.47. The standard InChI is InChI=1S/C19H22FN3O2/c1-23-12-5-4-9-16(23)18(24)22-13-14-7-6-11-21-19(14)25-17-10-3-2-8-15(17)20/h2-3,6-8,10-11,16H,4-5,9,12-13H2,1H3,(H,22,24)/t16-/m0/s1. The molecule has 0 radical (unpaired) electrons. The minimum absolute atomic E-state index is 0.00268. The van der Waals surface area contributed by atoms with Crippen LogP contribution in [0.1, 0.15) is 24.8 Å². The molecule has 2 aromatic rings. The number of hydrogen-bond donors (Lipinski definition) is 1. The van der Waals surface area contributed by atoms with Gasteiger partial charge in [0.1, 0.15) is 0 Å². The number of nitrogens with one attached hydrogen (secondary N) is 1. The summed E-state index contributed by atoms with van der Waals surface area (Å²) < 4.78 is 19.4. The first-order chi connectivity index (χ1) is 12.1. The molecule has 0 bridgehead atoms. The molecule has 1 aliphatic heterocycles. The molecule has 3 rings (SSSR count). The van der Waals surface area contributed by atoms with Crippen molar-refractivity contribution in [3.8, 4) is 11.6 Å². The lowest BCUT2D eigenvalue weighted by atomic mass is 10.0. The summed E-state index contributed by atoms with van der Waals surface area (Å²) >= 11 is 0. The van der Waals surface area contributed by atoms with Gasteiger partial charge in [-0.2, -0.15) is 0 Å². The van der Waals surface area contributed by atoms with Crippen LogP contribution in [0, 0.1) is 5.82 Å². The summed E-state index contributed by atoms with van der Waals surface area (Å²) in [4.78, 5) is 18.7. The number of amides is 1. The highest BCUT2D eigenvalue weighted by atomic mass is 19.1. The summed E-state index contributed by atoms with van der Waals surface area (Å²) in [5.74, 6) is -0.0412. The minimum Gasteiger partial charge on any atom is -0.436 e. The van der Waals surface area contributed by atoms with Crippen LogP contribution in [-0.4, -0.2) is 35.4 Å². The molecule has 6 heteroatoms. The summed E-state index contributed by atoms with van der Waals surface area (Å²) in [5, 5.41) is 2.95. The maximum absolute atomic E-state index is 13.8. The highest BCUT2D eigenvalue weighted by Gasteiger charge is 2.25. The molecule has 0 spiro atoms. The van der Waals surface area contributed by atoms with Gasteiger partial charge >= 0.3 is 0 Å². The Balaban J connectivity index is 1.67. The SMILES string of the molecule is CN1CCCC[C@H]1C(=O)NCc1cccnc1Oc1ccccc1F. The predicted molar refractivity (Wildman–Crippen MR) is 92.8 cm³/mol. The van der Waals surface area contributed by atoms with Gasteiger partial charge in [0.05, 0.1) is 6.04 Å². The molecule has 1 aromatic heterocycles. The zero-order valence-corrected chi connectivity index (χ0v) is 14.2. The number of pyridine rings is 1. The van der Waals surface area contributed by atoms with Crippen molar-refractivity contribution in [2.24, 2.45) is 0 Å². The van der Waals surface area contributed by atoms with Crippen molar-refractivity contribution in [2.75, 3.05) is 13.6 Å². The fraction of sp³-hybridized carbons (Fsp3) is 0.368. The van der Waals surface area contributed by atoms with Gasteiger partial charge in [-0.3, -0.25) is 9.69 Å². The second kappa shape index (κ2) is 8.07. The monoisotopic (exact) mass is 343 g/mol. The third-order valence-electron chi connectivity index (χ3n) is 4.42. The van der Waals surface area contributed by atoms with Crippen molar-refractivity contribution >= 4 is 5.91 Å². The molecule has 1 aromatic carbocycles. The number of piperidine rings is 1. The van der Waals surface area contributed by atoms with Crippen molar-refractivity contribution in [2.45, 2.75) is 31.8 Å². The molecule has 1 atom stereocenters. The van der Waals surface area contributed by atoms with E-state index < -0.39 is 5.82 Å². The van der Waals surface area contributed by atoms with E-state index in [4.69, 9.17) is 4.74 Å². The molecular formula is C19H22FN3O2. The fourth-order valence-electron chi connectivity index (χ4n) is 2.99. The lowest BCUT2D eigenvalue weighted by molar-refractivity contribution is -0.127. The third-order valence-corrected chi connectivity index (χ3v) is 4.42. The van der Waals surface area contributed by atoms with Gasteiger partial charge in [-0.15, -0.1) is 0 Å². The van der Waals surface area contributed by atoms with E-state index in [-0.39, 0.29) is 17.7 Å². The Morgan fingerprint density at radius 1 is 1.32 bits per heavy atom. The largest absolute Gasteiger partial charge is 0.436 e. The molecule has 1 fully saturated rings. The Morgan fingerprint density at radius 3 is 2.96 bits per heavy atom. The van der Waals surface area contributed by atoms with Crippen LogP contribution in [0.5, 0.6) is 11.6 Å². The number of carbonyl (C=O) groups excluding carboxylic acids is 1. The maximum Gasteiger partial charge on any atom is 0.237 e. The molecule has 5 nitrogen and oxygen atoms in total. The smallest absolute Gasteiger partial charge is 0.237 e. The van der Waals surface area contributed by atoms with E-state index in [1.54, 1.807) is 30.5 Å². The van der Waals surface area contributed by atoms with Gasteiger partial charge in [-0.05, 0) is 44.6 Å². The number of likely N-dealkylation sites (N-methyl/N-ethyl adjacent to an activating group) is 1. The van der Waals surface area contributed by atoms with Crippen LogP contribution in [0.15, 0.2) is 42.6 Å². The number of hydrogen-bond acceptors (Lipinski definition) is 4. The van der Waals surface area contributed by atoms with Gasteiger partial charge in [0, 0.05) is 18.3 Å². The second-order valence-electron chi connectivity index (χ2n) is 6.21. The number of aromatic nitrogens is 1. The summed E-state index contributed by atoms with van der Waals surface area (Å²) in [6, 6.07) is 9.66. The third kappa shape index (κ3) is 4.33. The number of likely N-dealkylation sites (tertiary alicyclic amines) is 1. The molecule has 1 aliphatic rings. The van der Waals surface area contributed by atoms with Gasteiger partial charge in [0.15, 0.2) is 11.6 Å². The highest BCUT2D eigenvalue weighted by molar-refractivity contribution is 5.81. The molecule has 2 heterocycles. The molecule has 25 heavy (non-hydrogen) atoms. The first-order valence-electron chi connectivity index (χ1n) is 8.49. The van der Waals surface area contributed by atoms with Crippen molar-refractivity contribution < 1.29 is 13.9 Å². The molecule has 132 valence electrons. The Labute approximate surface area is 146 Å². The molecule has 1 amide bonds. The Bertz CT molecular complexity index is 738. The Morgan fingerprint density at radius 2 is 2.16 bits per heavy atom. The average Bonchev–Trinajstić information content (AvgIpc) is 2.63. The number of halogens is 1. The number of para-hydroxylation sites is 1. The van der Waals surface area contributed by atoms with Crippen LogP contribution in [0.3, 0.4) is 0 Å². The van der Waals surface area contributed by atoms with Crippen molar-refractivity contribution in [3.05, 3.63) is 54.0 Å². The van der Waals surface area contributed by atoms with Crippen molar-refractivity contribution in [3.63, 3.8) is 0 Å². The second-order valence-corrected chi connectivity index (χ2v) is 6.21. The van der Waals surface area contributed by atoms with Crippen LogP contribution >= 0.6 is 0 Å². The summed E-state index contributed by atoms with van der Waals surface area (Å²) in [6.45, 7) is 1.23. The molecule has 0 aliphatic carbocycles. The summed E-state index contributed by atoms with van der Waals surface area (Å²) in [7, 11) is 1.97. The summed E-state index contributed by atoms with van der Waals surface area (Å²) in [6.07, 6.45) is 4.64. The van der Waals surface area contributed by atoms with Crippen LogP contribution in [0.2, 0.25) is 0 Å². The number of ether oxygens (including phenoxy) is 1. The first-order valence-corrected chi connectivity index (χ1v) is 8.49. The van der Waals surface area contributed by atoms with E-state index in [0.29, 0.717) is 18.0 Å². The average molecular weight is 343 g/mol.